The largest absolute Gasteiger partial charge is 0.455 e. The van der Waals surface area contributed by atoms with Crippen molar-refractivity contribution >= 4 is 11.2 Å². The molecule has 9 heteroatoms. The number of aromatic nitrogens is 4. The van der Waals surface area contributed by atoms with Crippen molar-refractivity contribution in [3.05, 3.63) is 70.8 Å². The highest BCUT2D eigenvalue weighted by Gasteiger charge is 2.15. The molecule has 0 aliphatic carbocycles. The highest BCUT2D eigenvalue weighted by atomic mass is 16.6. The van der Waals surface area contributed by atoms with Crippen LogP contribution in [0.3, 0.4) is 0 Å². The molecule has 27 heavy (non-hydrogen) atoms. The zero-order valence-corrected chi connectivity index (χ0v) is 14.1. The second-order valence-corrected chi connectivity index (χ2v) is 5.81. The Kier molecular flexibility index (Phi) is 3.78. The molecule has 0 aliphatic rings. The summed E-state index contributed by atoms with van der Waals surface area (Å²) in [7, 11) is 1.82. The van der Waals surface area contributed by atoms with Crippen LogP contribution in [0, 0.1) is 21.4 Å². The van der Waals surface area contributed by atoms with Crippen LogP contribution >= 0.6 is 0 Å². The van der Waals surface area contributed by atoms with Crippen LogP contribution in [0.5, 0.6) is 11.5 Å². The van der Waals surface area contributed by atoms with Crippen molar-refractivity contribution in [2.75, 3.05) is 0 Å². The first-order valence-electron chi connectivity index (χ1n) is 7.88. The van der Waals surface area contributed by atoms with Crippen molar-refractivity contribution in [3.63, 3.8) is 0 Å². The van der Waals surface area contributed by atoms with Crippen LogP contribution in [0.4, 0.5) is 5.69 Å². The maximum absolute atomic E-state index is 10.8. The Hall–Kier alpha value is -4.19. The standard InChI is InChI=1S/C18H12N6O3/c1-22-10-14(9-20-22)12-6-17(18-13(7-19)8-21-23(18)11-12)27-16-4-2-15(3-5-16)24(25)26/h2-6,8-11H,1H3. The number of non-ortho nitro benzene ring substituents is 1. The molecule has 0 unspecified atom stereocenters. The summed E-state index contributed by atoms with van der Waals surface area (Å²) in [5, 5.41) is 28.5. The normalized spacial score (nSPS) is 10.7. The molecule has 0 saturated carbocycles. The van der Waals surface area contributed by atoms with Gasteiger partial charge in [-0.3, -0.25) is 14.8 Å². The maximum Gasteiger partial charge on any atom is 0.269 e. The van der Waals surface area contributed by atoms with E-state index < -0.39 is 4.92 Å². The molecule has 3 heterocycles. The number of rotatable bonds is 4. The van der Waals surface area contributed by atoms with Gasteiger partial charge in [-0.2, -0.15) is 15.5 Å². The number of nitrogens with zero attached hydrogens (tertiary/aromatic N) is 6. The van der Waals surface area contributed by atoms with Crippen LogP contribution in [0.1, 0.15) is 5.56 Å². The molecule has 0 atom stereocenters. The van der Waals surface area contributed by atoms with E-state index in [1.54, 1.807) is 27.7 Å². The Morgan fingerprint density at radius 1 is 1.15 bits per heavy atom. The van der Waals surface area contributed by atoms with Gasteiger partial charge in [0, 0.05) is 42.7 Å². The van der Waals surface area contributed by atoms with Gasteiger partial charge in [0.2, 0.25) is 0 Å². The lowest BCUT2D eigenvalue weighted by Gasteiger charge is -2.10. The van der Waals surface area contributed by atoms with E-state index in [9.17, 15) is 15.4 Å². The molecule has 0 spiro atoms. The van der Waals surface area contributed by atoms with Crippen LogP contribution in [-0.4, -0.2) is 24.3 Å². The van der Waals surface area contributed by atoms with Crippen molar-refractivity contribution in [3.8, 4) is 28.7 Å². The molecule has 0 N–H and O–H groups in total. The Balaban J connectivity index is 1.82. The Labute approximate surface area is 152 Å². The number of nitro groups is 1. The number of fused-ring (bicyclic) bond motifs is 1. The minimum absolute atomic E-state index is 0.0290. The van der Waals surface area contributed by atoms with Crippen LogP contribution in [-0.2, 0) is 7.05 Å². The van der Waals surface area contributed by atoms with Gasteiger partial charge in [0.15, 0.2) is 5.75 Å². The van der Waals surface area contributed by atoms with E-state index >= 15 is 0 Å². The maximum atomic E-state index is 10.8. The van der Waals surface area contributed by atoms with E-state index in [4.69, 9.17) is 4.74 Å². The fraction of sp³-hybridized carbons (Fsp3) is 0.0556. The van der Waals surface area contributed by atoms with Gasteiger partial charge in [0.25, 0.3) is 5.69 Å². The molecule has 0 fully saturated rings. The van der Waals surface area contributed by atoms with Crippen LogP contribution in [0.2, 0.25) is 0 Å². The van der Waals surface area contributed by atoms with E-state index in [2.05, 4.69) is 16.3 Å². The second-order valence-electron chi connectivity index (χ2n) is 5.81. The summed E-state index contributed by atoms with van der Waals surface area (Å²) in [5.41, 5.74) is 2.52. The van der Waals surface area contributed by atoms with E-state index in [0.29, 0.717) is 22.6 Å². The Morgan fingerprint density at radius 3 is 2.56 bits per heavy atom. The molecule has 3 aromatic heterocycles. The van der Waals surface area contributed by atoms with Gasteiger partial charge >= 0.3 is 0 Å². The molecule has 1 aromatic carbocycles. The fourth-order valence-corrected chi connectivity index (χ4v) is 2.73. The summed E-state index contributed by atoms with van der Waals surface area (Å²) in [6, 6.07) is 9.62. The first-order valence-corrected chi connectivity index (χ1v) is 7.88. The van der Waals surface area contributed by atoms with Crippen molar-refractivity contribution < 1.29 is 9.66 Å². The van der Waals surface area contributed by atoms with Gasteiger partial charge in [-0.15, -0.1) is 0 Å². The lowest BCUT2D eigenvalue weighted by Crippen LogP contribution is -1.94. The smallest absolute Gasteiger partial charge is 0.269 e. The monoisotopic (exact) mass is 360 g/mol. The summed E-state index contributed by atoms with van der Waals surface area (Å²) >= 11 is 0. The van der Waals surface area contributed by atoms with Gasteiger partial charge in [-0.25, -0.2) is 4.52 Å². The molecular formula is C18H12N6O3. The number of nitro benzene ring substituents is 1. The topological polar surface area (TPSA) is 111 Å². The molecule has 0 radical (unpaired) electrons. The summed E-state index contributed by atoms with van der Waals surface area (Å²) in [5.74, 6) is 0.829. The van der Waals surface area contributed by atoms with Gasteiger partial charge in [0.05, 0.1) is 17.3 Å². The summed E-state index contributed by atoms with van der Waals surface area (Å²) in [6.45, 7) is 0. The molecule has 4 rings (SSSR count). The first kappa shape index (κ1) is 16.3. The average molecular weight is 360 g/mol. The van der Waals surface area contributed by atoms with Crippen molar-refractivity contribution in [1.29, 1.82) is 5.26 Å². The molecule has 0 aliphatic heterocycles. The van der Waals surface area contributed by atoms with Crippen molar-refractivity contribution in [2.24, 2.45) is 7.05 Å². The lowest BCUT2D eigenvalue weighted by atomic mass is 10.1. The van der Waals surface area contributed by atoms with Crippen LogP contribution in [0.15, 0.2) is 55.1 Å². The number of hydrogen-bond acceptors (Lipinski definition) is 6. The molecule has 0 saturated heterocycles. The molecule has 4 aromatic rings. The summed E-state index contributed by atoms with van der Waals surface area (Å²) in [4.78, 5) is 10.3. The van der Waals surface area contributed by atoms with Crippen molar-refractivity contribution in [1.82, 2.24) is 19.4 Å². The van der Waals surface area contributed by atoms with Gasteiger partial charge in [-0.1, -0.05) is 0 Å². The molecule has 0 bridgehead atoms. The van der Waals surface area contributed by atoms with Crippen molar-refractivity contribution in [2.45, 2.75) is 0 Å². The minimum Gasteiger partial charge on any atom is -0.455 e. The molecule has 9 nitrogen and oxygen atoms in total. The molecule has 0 amide bonds. The van der Waals surface area contributed by atoms with Crippen LogP contribution in [0.25, 0.3) is 16.6 Å². The lowest BCUT2D eigenvalue weighted by molar-refractivity contribution is -0.384. The zero-order valence-electron chi connectivity index (χ0n) is 14.1. The number of aryl methyl sites for hydroxylation is 1. The predicted octanol–water partition coefficient (Wildman–Crippen LogP) is 3.31. The number of hydrogen-bond donors (Lipinski definition) is 0. The average Bonchev–Trinajstić information content (AvgIpc) is 3.28. The SMILES string of the molecule is Cn1cc(-c2cc(Oc3ccc([N+](=O)[O-])cc3)c3c(C#N)cnn3c2)cn1. The second kappa shape index (κ2) is 6.27. The Bertz CT molecular complexity index is 1200. The molecular weight excluding hydrogens is 348 g/mol. The quantitative estimate of drug-likeness (QED) is 0.408. The van der Waals surface area contributed by atoms with Gasteiger partial charge < -0.3 is 4.74 Å². The van der Waals surface area contributed by atoms with E-state index in [-0.39, 0.29) is 5.69 Å². The molecule has 132 valence electrons. The summed E-state index contributed by atoms with van der Waals surface area (Å²) < 4.78 is 9.19. The minimum atomic E-state index is -0.476. The van der Waals surface area contributed by atoms with E-state index in [1.807, 2.05) is 13.2 Å². The van der Waals surface area contributed by atoms with Crippen LogP contribution < -0.4 is 4.74 Å². The first-order chi connectivity index (χ1) is 13.0. The highest BCUT2D eigenvalue weighted by Crippen LogP contribution is 2.33. The van der Waals surface area contributed by atoms with Gasteiger partial charge in [-0.05, 0) is 18.2 Å². The zero-order chi connectivity index (χ0) is 19.0. The van der Waals surface area contributed by atoms with E-state index in [0.717, 1.165) is 11.1 Å². The Morgan fingerprint density at radius 2 is 1.93 bits per heavy atom. The third kappa shape index (κ3) is 2.96. The third-order valence-electron chi connectivity index (χ3n) is 4.01. The number of benzene rings is 1. The van der Waals surface area contributed by atoms with E-state index in [1.165, 1.54) is 30.5 Å². The predicted molar refractivity (Wildman–Crippen MR) is 95.3 cm³/mol. The van der Waals surface area contributed by atoms with Gasteiger partial charge in [0.1, 0.15) is 22.9 Å². The summed E-state index contributed by atoms with van der Waals surface area (Å²) in [6.07, 6.45) is 6.82. The highest BCUT2D eigenvalue weighted by molar-refractivity contribution is 5.75. The third-order valence-corrected chi connectivity index (χ3v) is 4.01. The number of ether oxygens (including phenoxy) is 1. The fourth-order valence-electron chi connectivity index (χ4n) is 2.73. The number of pyridine rings is 1. The number of nitriles is 1.